The standard InChI is InChI=1S/C17H21NO4/c1-4-22-17(21-3)11-10-14(12-15(17)20-2)18-16(19)13-8-6-5-7-9-13/h5-12,15H,4H2,1-3H3,(H,18,19). The van der Waals surface area contributed by atoms with Crippen molar-refractivity contribution in [1.29, 1.82) is 0 Å². The first-order valence-corrected chi connectivity index (χ1v) is 7.14. The Kier molecular flexibility index (Phi) is 5.49. The SMILES string of the molecule is CCOC1(OC)C=CC(NC(=O)c2ccccc2)=CC1OC. The average Bonchev–Trinajstić information content (AvgIpc) is 2.57. The van der Waals surface area contributed by atoms with Gasteiger partial charge in [0.1, 0.15) is 6.10 Å². The minimum atomic E-state index is -0.968. The van der Waals surface area contributed by atoms with Crippen LogP contribution in [0.2, 0.25) is 0 Å². The maximum absolute atomic E-state index is 12.2. The molecule has 0 radical (unpaired) electrons. The van der Waals surface area contributed by atoms with Crippen molar-refractivity contribution in [2.45, 2.75) is 18.8 Å². The van der Waals surface area contributed by atoms with Gasteiger partial charge in [0, 0.05) is 32.1 Å². The third kappa shape index (κ3) is 3.44. The van der Waals surface area contributed by atoms with Crippen LogP contribution in [0.4, 0.5) is 0 Å². The van der Waals surface area contributed by atoms with E-state index < -0.39 is 11.9 Å². The summed E-state index contributed by atoms with van der Waals surface area (Å²) in [6.45, 7) is 2.37. The normalized spacial score (nSPS) is 24.0. The lowest BCUT2D eigenvalue weighted by Gasteiger charge is -2.36. The first-order chi connectivity index (χ1) is 10.6. The smallest absolute Gasteiger partial charge is 0.255 e. The second-order valence-corrected chi connectivity index (χ2v) is 4.79. The van der Waals surface area contributed by atoms with Gasteiger partial charge in [-0.1, -0.05) is 18.2 Å². The van der Waals surface area contributed by atoms with E-state index in [1.807, 2.05) is 25.1 Å². The van der Waals surface area contributed by atoms with Crippen molar-refractivity contribution < 1.29 is 19.0 Å². The van der Waals surface area contributed by atoms with E-state index in [0.717, 1.165) is 0 Å². The molecule has 0 heterocycles. The van der Waals surface area contributed by atoms with Crippen LogP contribution in [-0.4, -0.2) is 38.6 Å². The van der Waals surface area contributed by atoms with Gasteiger partial charge in [-0.25, -0.2) is 0 Å². The van der Waals surface area contributed by atoms with Gasteiger partial charge in [-0.15, -0.1) is 0 Å². The fourth-order valence-electron chi connectivity index (χ4n) is 2.34. The fourth-order valence-corrected chi connectivity index (χ4v) is 2.34. The summed E-state index contributed by atoms with van der Waals surface area (Å²) in [6.07, 6.45) is 4.84. The lowest BCUT2D eigenvalue weighted by molar-refractivity contribution is -0.232. The molecule has 0 fully saturated rings. The third-order valence-electron chi connectivity index (χ3n) is 3.46. The van der Waals surface area contributed by atoms with Gasteiger partial charge in [0.15, 0.2) is 0 Å². The molecule has 2 unspecified atom stereocenters. The highest BCUT2D eigenvalue weighted by atomic mass is 16.7. The molecule has 1 aromatic rings. The maximum Gasteiger partial charge on any atom is 0.255 e. The van der Waals surface area contributed by atoms with E-state index in [1.165, 1.54) is 0 Å². The van der Waals surface area contributed by atoms with E-state index in [-0.39, 0.29) is 5.91 Å². The highest BCUT2D eigenvalue weighted by molar-refractivity contribution is 5.95. The number of rotatable bonds is 6. The number of methoxy groups -OCH3 is 2. The molecule has 0 aromatic heterocycles. The number of benzene rings is 1. The van der Waals surface area contributed by atoms with Crippen molar-refractivity contribution in [2.24, 2.45) is 0 Å². The summed E-state index contributed by atoms with van der Waals surface area (Å²) in [5.74, 6) is -1.14. The Balaban J connectivity index is 2.14. The molecular formula is C17H21NO4. The second-order valence-electron chi connectivity index (χ2n) is 4.79. The van der Waals surface area contributed by atoms with Crippen LogP contribution in [0.3, 0.4) is 0 Å². The predicted octanol–water partition coefficient (Wildman–Crippen LogP) is 2.26. The first kappa shape index (κ1) is 16.4. The molecule has 5 nitrogen and oxygen atoms in total. The Hall–Kier alpha value is -1.95. The molecule has 0 spiro atoms. The quantitative estimate of drug-likeness (QED) is 0.819. The average molecular weight is 303 g/mol. The zero-order chi connectivity index (χ0) is 16.0. The molecule has 2 atom stereocenters. The van der Waals surface area contributed by atoms with Crippen molar-refractivity contribution in [3.8, 4) is 0 Å². The van der Waals surface area contributed by atoms with Gasteiger partial charge in [0.05, 0.1) is 0 Å². The topological polar surface area (TPSA) is 56.8 Å². The number of amides is 1. The minimum absolute atomic E-state index is 0.173. The number of hydrogen-bond acceptors (Lipinski definition) is 4. The Bertz CT molecular complexity index is 567. The Morgan fingerprint density at radius 1 is 1.27 bits per heavy atom. The van der Waals surface area contributed by atoms with E-state index in [1.54, 1.807) is 44.6 Å². The van der Waals surface area contributed by atoms with E-state index in [9.17, 15) is 4.79 Å². The van der Waals surface area contributed by atoms with Crippen LogP contribution in [0, 0.1) is 0 Å². The molecule has 1 aliphatic carbocycles. The summed E-state index contributed by atoms with van der Waals surface area (Å²) in [4.78, 5) is 12.2. The van der Waals surface area contributed by atoms with Crippen LogP contribution in [0.25, 0.3) is 0 Å². The zero-order valence-electron chi connectivity index (χ0n) is 13.0. The molecule has 0 bridgehead atoms. The summed E-state index contributed by atoms with van der Waals surface area (Å²) in [7, 11) is 3.14. The van der Waals surface area contributed by atoms with E-state index in [0.29, 0.717) is 17.9 Å². The van der Waals surface area contributed by atoms with Gasteiger partial charge in [-0.3, -0.25) is 4.79 Å². The van der Waals surface area contributed by atoms with Gasteiger partial charge < -0.3 is 19.5 Å². The molecule has 1 aliphatic rings. The number of allylic oxidation sites excluding steroid dienone is 1. The van der Waals surface area contributed by atoms with Crippen molar-refractivity contribution in [1.82, 2.24) is 5.32 Å². The molecule has 5 heteroatoms. The Morgan fingerprint density at radius 2 is 2.00 bits per heavy atom. The third-order valence-corrected chi connectivity index (χ3v) is 3.46. The molecule has 2 rings (SSSR count). The van der Waals surface area contributed by atoms with E-state index >= 15 is 0 Å². The Labute approximate surface area is 130 Å². The van der Waals surface area contributed by atoms with Gasteiger partial charge in [0.2, 0.25) is 5.79 Å². The van der Waals surface area contributed by atoms with E-state index in [2.05, 4.69) is 5.32 Å². The zero-order valence-corrected chi connectivity index (χ0v) is 13.0. The summed E-state index contributed by atoms with van der Waals surface area (Å²) in [6, 6.07) is 9.03. The van der Waals surface area contributed by atoms with Crippen molar-refractivity contribution in [2.75, 3.05) is 20.8 Å². The maximum atomic E-state index is 12.2. The molecule has 0 aliphatic heterocycles. The predicted molar refractivity (Wildman–Crippen MR) is 83.3 cm³/mol. The molecule has 1 aromatic carbocycles. The van der Waals surface area contributed by atoms with Gasteiger partial charge in [-0.05, 0) is 37.3 Å². The van der Waals surface area contributed by atoms with E-state index in [4.69, 9.17) is 14.2 Å². The summed E-state index contributed by atoms with van der Waals surface area (Å²) >= 11 is 0. The van der Waals surface area contributed by atoms with Crippen molar-refractivity contribution in [3.05, 3.63) is 59.8 Å². The molecule has 118 valence electrons. The monoisotopic (exact) mass is 303 g/mol. The lowest BCUT2D eigenvalue weighted by Crippen LogP contribution is -2.47. The summed E-state index contributed by atoms with van der Waals surface area (Å²) in [5.41, 5.74) is 1.24. The molecule has 0 saturated carbocycles. The summed E-state index contributed by atoms with van der Waals surface area (Å²) < 4.78 is 16.6. The van der Waals surface area contributed by atoms with Crippen LogP contribution in [-0.2, 0) is 14.2 Å². The summed E-state index contributed by atoms with van der Waals surface area (Å²) in [5, 5.41) is 2.85. The fraction of sp³-hybridized carbons (Fsp3) is 0.353. The van der Waals surface area contributed by atoms with Gasteiger partial charge >= 0.3 is 0 Å². The molecule has 1 N–H and O–H groups in total. The van der Waals surface area contributed by atoms with Crippen molar-refractivity contribution >= 4 is 5.91 Å². The van der Waals surface area contributed by atoms with Crippen molar-refractivity contribution in [3.63, 3.8) is 0 Å². The largest absolute Gasteiger partial charge is 0.371 e. The highest BCUT2D eigenvalue weighted by Gasteiger charge is 2.39. The number of carbonyl (C=O) groups excluding carboxylic acids is 1. The van der Waals surface area contributed by atoms with Crippen LogP contribution >= 0.6 is 0 Å². The van der Waals surface area contributed by atoms with Gasteiger partial charge in [-0.2, -0.15) is 0 Å². The minimum Gasteiger partial charge on any atom is -0.371 e. The Morgan fingerprint density at radius 3 is 2.59 bits per heavy atom. The molecule has 1 amide bonds. The van der Waals surface area contributed by atoms with Crippen LogP contribution in [0.5, 0.6) is 0 Å². The first-order valence-electron chi connectivity index (χ1n) is 7.14. The molecule has 22 heavy (non-hydrogen) atoms. The van der Waals surface area contributed by atoms with Crippen LogP contribution < -0.4 is 5.32 Å². The molecule has 0 saturated heterocycles. The number of hydrogen-bond donors (Lipinski definition) is 1. The number of nitrogens with one attached hydrogen (secondary N) is 1. The number of carbonyl (C=O) groups is 1. The van der Waals surface area contributed by atoms with Crippen LogP contribution in [0.15, 0.2) is 54.3 Å². The van der Waals surface area contributed by atoms with Gasteiger partial charge in [0.25, 0.3) is 5.91 Å². The van der Waals surface area contributed by atoms with Crippen LogP contribution in [0.1, 0.15) is 17.3 Å². The molecular weight excluding hydrogens is 282 g/mol. The number of ether oxygens (including phenoxy) is 3. The second kappa shape index (κ2) is 7.35. The highest BCUT2D eigenvalue weighted by Crippen LogP contribution is 2.27. The lowest BCUT2D eigenvalue weighted by atomic mass is 10.0.